The van der Waals surface area contributed by atoms with Crippen molar-refractivity contribution in [2.75, 3.05) is 33.7 Å². The Balaban J connectivity index is 2.00. The van der Waals surface area contributed by atoms with Crippen molar-refractivity contribution in [2.45, 2.75) is 31.8 Å². The summed E-state index contributed by atoms with van der Waals surface area (Å²) in [6.07, 6.45) is 2.09. The highest BCUT2D eigenvalue weighted by Crippen LogP contribution is 2.25. The number of likely N-dealkylation sites (N-methyl/N-ethyl adjacent to an activating group) is 1. The summed E-state index contributed by atoms with van der Waals surface area (Å²) in [4.78, 5) is 16.6. The summed E-state index contributed by atoms with van der Waals surface area (Å²) in [5.41, 5.74) is 0. The molecule has 2 rings (SSSR count). The number of hydrogen-bond donors (Lipinski definition) is 1. The fourth-order valence-electron chi connectivity index (χ4n) is 3.10. The molecule has 4 heteroatoms. The van der Waals surface area contributed by atoms with E-state index < -0.39 is 0 Å². The van der Waals surface area contributed by atoms with Crippen molar-refractivity contribution in [3.05, 3.63) is 0 Å². The van der Waals surface area contributed by atoms with Crippen molar-refractivity contribution >= 4 is 5.91 Å². The van der Waals surface area contributed by atoms with E-state index in [2.05, 4.69) is 29.1 Å². The Hall–Kier alpha value is -0.610. The lowest BCUT2D eigenvalue weighted by Gasteiger charge is -2.40. The first-order valence-corrected chi connectivity index (χ1v) is 6.29. The Morgan fingerprint density at radius 1 is 1.31 bits per heavy atom. The predicted molar refractivity (Wildman–Crippen MR) is 64.2 cm³/mol. The normalized spacial score (nSPS) is 37.1. The smallest absolute Gasteiger partial charge is 0.240 e. The number of rotatable bonds is 2. The van der Waals surface area contributed by atoms with Gasteiger partial charge in [-0.05, 0) is 39.4 Å². The van der Waals surface area contributed by atoms with E-state index in [4.69, 9.17) is 0 Å². The summed E-state index contributed by atoms with van der Waals surface area (Å²) in [7, 11) is 4.04. The second-order valence-electron chi connectivity index (χ2n) is 5.26. The summed E-state index contributed by atoms with van der Waals surface area (Å²) in [6, 6.07) is 0.522. The lowest BCUT2D eigenvalue weighted by Crippen LogP contribution is -2.51. The van der Waals surface area contributed by atoms with Gasteiger partial charge in [0.1, 0.15) is 0 Å². The first-order valence-electron chi connectivity index (χ1n) is 6.29. The molecule has 92 valence electrons. The van der Waals surface area contributed by atoms with E-state index in [1.807, 2.05) is 7.05 Å². The first kappa shape index (κ1) is 11.9. The standard InChI is InChI=1S/C12H23N3O/c1-9-8-14(3)6-5-11(9)15-7-4-10(13-2)12(15)16/h9-11,13H,4-8H2,1-3H3. The van der Waals surface area contributed by atoms with Crippen LogP contribution in [0.25, 0.3) is 0 Å². The van der Waals surface area contributed by atoms with E-state index in [-0.39, 0.29) is 6.04 Å². The second kappa shape index (κ2) is 4.72. The SMILES string of the molecule is CNC1CCN(C2CCN(C)CC2C)C1=O. The molecule has 2 heterocycles. The van der Waals surface area contributed by atoms with Gasteiger partial charge in [-0.25, -0.2) is 0 Å². The van der Waals surface area contributed by atoms with Gasteiger partial charge in [0.15, 0.2) is 0 Å². The van der Waals surface area contributed by atoms with E-state index in [0.29, 0.717) is 17.9 Å². The number of nitrogens with one attached hydrogen (secondary N) is 1. The molecule has 16 heavy (non-hydrogen) atoms. The number of nitrogens with zero attached hydrogens (tertiary/aromatic N) is 2. The summed E-state index contributed by atoms with van der Waals surface area (Å²) >= 11 is 0. The molecule has 0 bridgehead atoms. The molecule has 2 aliphatic heterocycles. The molecule has 0 radical (unpaired) electrons. The zero-order valence-electron chi connectivity index (χ0n) is 10.6. The highest BCUT2D eigenvalue weighted by atomic mass is 16.2. The van der Waals surface area contributed by atoms with Crippen LogP contribution < -0.4 is 5.32 Å². The minimum Gasteiger partial charge on any atom is -0.338 e. The molecule has 0 spiro atoms. The third-order valence-corrected chi connectivity index (χ3v) is 4.05. The molecule has 0 aromatic carbocycles. The molecule has 1 N–H and O–H groups in total. The lowest BCUT2D eigenvalue weighted by atomic mass is 9.93. The van der Waals surface area contributed by atoms with Crippen molar-refractivity contribution in [1.82, 2.24) is 15.1 Å². The molecule has 0 saturated carbocycles. The molecule has 4 nitrogen and oxygen atoms in total. The van der Waals surface area contributed by atoms with Crippen LogP contribution in [0.5, 0.6) is 0 Å². The quantitative estimate of drug-likeness (QED) is 0.726. The Kier molecular flexibility index (Phi) is 3.50. The number of likely N-dealkylation sites (tertiary alicyclic amines) is 2. The van der Waals surface area contributed by atoms with Crippen molar-refractivity contribution < 1.29 is 4.79 Å². The topological polar surface area (TPSA) is 35.6 Å². The Morgan fingerprint density at radius 3 is 2.62 bits per heavy atom. The number of piperidine rings is 1. The third-order valence-electron chi connectivity index (χ3n) is 4.05. The van der Waals surface area contributed by atoms with Crippen molar-refractivity contribution in [3.8, 4) is 0 Å². The Bertz CT molecular complexity index is 269. The minimum absolute atomic E-state index is 0.0619. The average Bonchev–Trinajstić information content (AvgIpc) is 2.60. The van der Waals surface area contributed by atoms with Crippen LogP contribution in [0, 0.1) is 5.92 Å². The molecule has 0 aromatic heterocycles. The first-order chi connectivity index (χ1) is 7.63. The van der Waals surface area contributed by atoms with Crippen LogP contribution in [0.3, 0.4) is 0 Å². The van der Waals surface area contributed by atoms with Gasteiger partial charge in [-0.2, -0.15) is 0 Å². The van der Waals surface area contributed by atoms with Gasteiger partial charge in [-0.1, -0.05) is 6.92 Å². The van der Waals surface area contributed by atoms with Crippen LogP contribution in [0.15, 0.2) is 0 Å². The molecule has 3 unspecified atom stereocenters. The average molecular weight is 225 g/mol. The van der Waals surface area contributed by atoms with Crippen molar-refractivity contribution in [1.29, 1.82) is 0 Å². The van der Waals surface area contributed by atoms with Crippen LogP contribution in [-0.2, 0) is 4.79 Å². The van der Waals surface area contributed by atoms with Gasteiger partial charge < -0.3 is 15.1 Å². The van der Waals surface area contributed by atoms with Gasteiger partial charge in [0, 0.05) is 19.1 Å². The molecule has 1 amide bonds. The fourth-order valence-corrected chi connectivity index (χ4v) is 3.10. The molecule has 2 fully saturated rings. The fraction of sp³-hybridized carbons (Fsp3) is 0.917. The molecule has 0 aromatic rings. The van der Waals surface area contributed by atoms with Crippen LogP contribution in [0.2, 0.25) is 0 Å². The largest absolute Gasteiger partial charge is 0.338 e. The molecule has 0 aliphatic carbocycles. The number of carbonyl (C=O) groups is 1. The number of carbonyl (C=O) groups excluding carboxylic acids is 1. The highest BCUT2D eigenvalue weighted by Gasteiger charge is 2.38. The maximum Gasteiger partial charge on any atom is 0.240 e. The van der Waals surface area contributed by atoms with E-state index in [1.165, 1.54) is 0 Å². The van der Waals surface area contributed by atoms with Crippen molar-refractivity contribution in [3.63, 3.8) is 0 Å². The van der Waals surface area contributed by atoms with Gasteiger partial charge in [-0.15, -0.1) is 0 Å². The van der Waals surface area contributed by atoms with Gasteiger partial charge in [0.05, 0.1) is 6.04 Å². The molecular formula is C12H23N3O. The summed E-state index contributed by atoms with van der Waals surface area (Å²) in [5.74, 6) is 0.905. The van der Waals surface area contributed by atoms with E-state index in [1.54, 1.807) is 0 Å². The van der Waals surface area contributed by atoms with Gasteiger partial charge >= 0.3 is 0 Å². The monoisotopic (exact) mass is 225 g/mol. The summed E-state index contributed by atoms with van der Waals surface area (Å²) in [5, 5.41) is 3.10. The molecule has 3 atom stereocenters. The van der Waals surface area contributed by atoms with Gasteiger partial charge in [0.25, 0.3) is 0 Å². The highest BCUT2D eigenvalue weighted by molar-refractivity contribution is 5.84. The zero-order chi connectivity index (χ0) is 11.7. The zero-order valence-corrected chi connectivity index (χ0v) is 10.6. The summed E-state index contributed by atoms with van der Waals surface area (Å²) in [6.45, 7) is 5.42. The predicted octanol–water partition coefficient (Wildman–Crippen LogP) is 0.147. The van der Waals surface area contributed by atoms with E-state index in [0.717, 1.165) is 32.5 Å². The van der Waals surface area contributed by atoms with Crippen molar-refractivity contribution in [2.24, 2.45) is 5.92 Å². The second-order valence-corrected chi connectivity index (χ2v) is 5.26. The minimum atomic E-state index is 0.0619. The van der Waals surface area contributed by atoms with Crippen LogP contribution >= 0.6 is 0 Å². The summed E-state index contributed by atoms with van der Waals surface area (Å²) < 4.78 is 0. The lowest BCUT2D eigenvalue weighted by molar-refractivity contribution is -0.133. The van der Waals surface area contributed by atoms with Crippen LogP contribution in [0.1, 0.15) is 19.8 Å². The van der Waals surface area contributed by atoms with E-state index in [9.17, 15) is 4.79 Å². The third kappa shape index (κ3) is 2.09. The number of amides is 1. The van der Waals surface area contributed by atoms with E-state index >= 15 is 0 Å². The van der Waals surface area contributed by atoms with Crippen LogP contribution in [-0.4, -0.2) is 61.5 Å². The Labute approximate surface area is 98.0 Å². The number of hydrogen-bond acceptors (Lipinski definition) is 3. The van der Waals surface area contributed by atoms with Gasteiger partial charge in [-0.3, -0.25) is 4.79 Å². The molecule has 2 saturated heterocycles. The maximum absolute atomic E-state index is 12.1. The molecular weight excluding hydrogens is 202 g/mol. The van der Waals surface area contributed by atoms with Gasteiger partial charge in [0.2, 0.25) is 5.91 Å². The maximum atomic E-state index is 12.1. The molecule has 2 aliphatic rings. The van der Waals surface area contributed by atoms with Crippen LogP contribution in [0.4, 0.5) is 0 Å². The Morgan fingerprint density at radius 2 is 2.06 bits per heavy atom.